The van der Waals surface area contributed by atoms with Crippen LogP contribution in [0.5, 0.6) is 5.75 Å². The Hall–Kier alpha value is -4.21. The standard InChI is InChI=1S/C22H23FN4O4S.C16H25NO3.ClH/c1-4-26-16(11-31-3)12(2)27-10-15(19(28)20(29)18(27)22(26)30)21-25-24-17(32-21)9-13-5-7-14(23)8-6-13;1-4-17-15(12-19-3)13(2)10-16(18)20-11-14-8-6-5-7-9-14;/h5-8,10,12,16,29H,4,9,11H2,1-3H3;5-9,13,15,17H,4,10-12H2,1-3H3;1H/t12-,16+;13-,15-;/m01./s1. The highest BCUT2D eigenvalue weighted by molar-refractivity contribution is 7.14. The number of nitrogens with zero attached hydrogens (tertiary/aromatic N) is 4. The van der Waals surface area contributed by atoms with Crippen LogP contribution in [0.1, 0.15) is 66.8 Å². The molecule has 4 aromatic rings. The minimum Gasteiger partial charge on any atom is -0.503 e. The number of fused-ring (bicyclic) bond motifs is 1. The van der Waals surface area contributed by atoms with Crippen molar-refractivity contribution in [1.29, 1.82) is 0 Å². The van der Waals surface area contributed by atoms with E-state index >= 15 is 0 Å². The minimum absolute atomic E-state index is 0. The molecule has 0 saturated heterocycles. The Morgan fingerprint density at radius 3 is 2.36 bits per heavy atom. The number of hydrogen-bond donors (Lipinski definition) is 2. The number of rotatable bonds is 15. The normalized spacial score (nSPS) is 16.1. The lowest BCUT2D eigenvalue weighted by atomic mass is 9.99. The number of ether oxygens (including phenoxy) is 3. The van der Waals surface area contributed by atoms with Crippen LogP contribution < -0.4 is 10.7 Å². The van der Waals surface area contributed by atoms with Crippen LogP contribution in [0.3, 0.4) is 0 Å². The van der Waals surface area contributed by atoms with E-state index in [1.165, 1.54) is 23.5 Å². The van der Waals surface area contributed by atoms with Gasteiger partial charge < -0.3 is 34.1 Å². The molecule has 1 aliphatic rings. The van der Waals surface area contributed by atoms with Gasteiger partial charge in [0.05, 0.1) is 30.9 Å². The largest absolute Gasteiger partial charge is 0.503 e. The van der Waals surface area contributed by atoms with Crippen LogP contribution in [-0.4, -0.2) is 89.3 Å². The molecule has 0 fully saturated rings. The van der Waals surface area contributed by atoms with E-state index in [1.807, 2.05) is 58.0 Å². The zero-order valence-electron chi connectivity index (χ0n) is 30.9. The van der Waals surface area contributed by atoms with E-state index in [0.717, 1.165) is 17.7 Å². The summed E-state index contributed by atoms with van der Waals surface area (Å²) in [4.78, 5) is 39.4. The van der Waals surface area contributed by atoms with Gasteiger partial charge in [-0.25, -0.2) is 4.39 Å². The predicted octanol–water partition coefficient (Wildman–Crippen LogP) is 5.66. The lowest BCUT2D eigenvalue weighted by Gasteiger charge is -2.41. The van der Waals surface area contributed by atoms with Crippen molar-refractivity contribution < 1.29 is 33.3 Å². The van der Waals surface area contributed by atoms with E-state index in [9.17, 15) is 23.9 Å². The van der Waals surface area contributed by atoms with Gasteiger partial charge in [0, 0.05) is 45.8 Å². The first-order valence-electron chi connectivity index (χ1n) is 17.3. The summed E-state index contributed by atoms with van der Waals surface area (Å²) in [6.45, 7) is 10.4. The Balaban J connectivity index is 0.000000312. The Labute approximate surface area is 319 Å². The molecule has 12 nitrogen and oxygen atoms in total. The first kappa shape index (κ1) is 43.2. The average Bonchev–Trinajstić information content (AvgIpc) is 3.60. The van der Waals surface area contributed by atoms with Crippen molar-refractivity contribution in [2.75, 3.05) is 40.5 Å². The number of aromatic nitrogens is 3. The van der Waals surface area contributed by atoms with Crippen LogP contribution >= 0.6 is 23.7 Å². The molecule has 0 saturated carbocycles. The molecule has 53 heavy (non-hydrogen) atoms. The van der Waals surface area contributed by atoms with Crippen molar-refractivity contribution in [3.8, 4) is 16.3 Å². The number of nitrogens with one attached hydrogen (secondary N) is 1. The molecule has 1 amide bonds. The number of aromatic hydroxyl groups is 1. The fourth-order valence-corrected chi connectivity index (χ4v) is 6.98. The Morgan fingerprint density at radius 1 is 1.04 bits per heavy atom. The molecule has 1 aliphatic heterocycles. The second kappa shape index (κ2) is 20.9. The molecular formula is C38H49ClFN5O7S. The molecular weight excluding hydrogens is 725 g/mol. The van der Waals surface area contributed by atoms with Gasteiger partial charge in [-0.15, -0.1) is 22.6 Å². The van der Waals surface area contributed by atoms with Gasteiger partial charge in [0.2, 0.25) is 5.43 Å². The quantitative estimate of drug-likeness (QED) is 0.145. The molecule has 0 aliphatic carbocycles. The Morgan fingerprint density at radius 2 is 1.74 bits per heavy atom. The van der Waals surface area contributed by atoms with E-state index < -0.39 is 17.1 Å². The van der Waals surface area contributed by atoms with Crippen LogP contribution in [0.4, 0.5) is 4.39 Å². The number of pyridine rings is 1. The van der Waals surface area contributed by atoms with Crippen molar-refractivity contribution in [2.24, 2.45) is 5.92 Å². The van der Waals surface area contributed by atoms with Gasteiger partial charge >= 0.3 is 5.97 Å². The number of benzene rings is 2. The number of hydrogen-bond acceptors (Lipinski definition) is 11. The van der Waals surface area contributed by atoms with E-state index in [1.54, 1.807) is 42.0 Å². The van der Waals surface area contributed by atoms with Crippen molar-refractivity contribution in [3.63, 3.8) is 0 Å². The third-order valence-electron chi connectivity index (χ3n) is 8.94. The van der Waals surface area contributed by atoms with Crippen LogP contribution in [0, 0.1) is 11.7 Å². The first-order chi connectivity index (χ1) is 25.0. The summed E-state index contributed by atoms with van der Waals surface area (Å²) < 4.78 is 30.5. The number of amides is 1. The fraction of sp³-hybridized carbons (Fsp3) is 0.447. The summed E-state index contributed by atoms with van der Waals surface area (Å²) in [6, 6.07) is 15.5. The zero-order valence-corrected chi connectivity index (χ0v) is 32.5. The van der Waals surface area contributed by atoms with E-state index in [4.69, 9.17) is 14.2 Å². The highest BCUT2D eigenvalue weighted by Gasteiger charge is 2.39. The molecule has 0 unspecified atom stereocenters. The molecule has 288 valence electrons. The van der Waals surface area contributed by atoms with Crippen molar-refractivity contribution in [3.05, 3.63) is 98.7 Å². The third kappa shape index (κ3) is 11.2. The van der Waals surface area contributed by atoms with Crippen LogP contribution in [0.2, 0.25) is 0 Å². The molecule has 15 heteroatoms. The first-order valence-corrected chi connectivity index (χ1v) is 18.1. The van der Waals surface area contributed by atoms with Crippen LogP contribution in [0.15, 0.2) is 65.6 Å². The molecule has 3 heterocycles. The predicted molar refractivity (Wildman–Crippen MR) is 204 cm³/mol. The highest BCUT2D eigenvalue weighted by atomic mass is 35.5. The van der Waals surface area contributed by atoms with Crippen molar-refractivity contribution >= 4 is 35.6 Å². The van der Waals surface area contributed by atoms with Gasteiger partial charge in [-0.05, 0) is 49.6 Å². The number of likely N-dealkylation sites (N-methyl/N-ethyl adjacent to an activating group) is 2. The number of halogens is 2. The maximum atomic E-state index is 13.1. The monoisotopic (exact) mass is 773 g/mol. The number of esters is 1. The highest BCUT2D eigenvalue weighted by Crippen LogP contribution is 2.33. The van der Waals surface area contributed by atoms with Crippen molar-refractivity contribution in [1.82, 2.24) is 25.0 Å². The second-order valence-corrected chi connectivity index (χ2v) is 13.6. The molecule has 2 N–H and O–H groups in total. The maximum Gasteiger partial charge on any atom is 0.306 e. The molecule has 4 atom stereocenters. The molecule has 0 bridgehead atoms. The van der Waals surface area contributed by atoms with Crippen LogP contribution in [-0.2, 0) is 32.0 Å². The molecule has 5 rings (SSSR count). The topological polar surface area (TPSA) is 145 Å². The number of carbonyl (C=O) groups is 2. The van der Waals surface area contributed by atoms with Gasteiger partial charge in [0.25, 0.3) is 5.91 Å². The summed E-state index contributed by atoms with van der Waals surface area (Å²) in [5, 5.41) is 23.3. The lowest BCUT2D eigenvalue weighted by molar-refractivity contribution is -0.146. The van der Waals surface area contributed by atoms with E-state index in [0.29, 0.717) is 49.2 Å². The molecule has 2 aromatic carbocycles. The number of methoxy groups -OCH3 is 2. The minimum atomic E-state index is -0.664. The molecule has 0 spiro atoms. The lowest BCUT2D eigenvalue weighted by Crippen LogP contribution is -2.52. The smallest absolute Gasteiger partial charge is 0.306 e. The zero-order chi connectivity index (χ0) is 37.8. The van der Waals surface area contributed by atoms with E-state index in [2.05, 4.69) is 15.5 Å². The molecule has 2 aromatic heterocycles. The van der Waals surface area contributed by atoms with E-state index in [-0.39, 0.29) is 59.5 Å². The number of carbonyl (C=O) groups excluding carboxylic acids is 2. The second-order valence-electron chi connectivity index (χ2n) is 12.6. The SMILES string of the molecule is CCN1C(=O)c2c(O)c(=O)c(-c3nnc(Cc4ccc(F)cc4)s3)cn2[C@@H](C)[C@H]1COC.CCN[C@H](COC)[C@H](C)CC(=O)OCc1ccccc1.Cl. The van der Waals surface area contributed by atoms with Gasteiger partial charge in [0.1, 0.15) is 17.4 Å². The average molecular weight is 774 g/mol. The summed E-state index contributed by atoms with van der Waals surface area (Å²) in [7, 11) is 3.24. The fourth-order valence-electron chi connectivity index (χ4n) is 6.09. The van der Waals surface area contributed by atoms with Crippen molar-refractivity contribution in [2.45, 2.75) is 65.3 Å². The summed E-state index contributed by atoms with van der Waals surface area (Å²) in [5.41, 5.74) is 1.35. The third-order valence-corrected chi connectivity index (χ3v) is 9.90. The summed E-state index contributed by atoms with van der Waals surface area (Å²) in [5.74, 6) is -1.31. The summed E-state index contributed by atoms with van der Waals surface area (Å²) in [6.07, 6.45) is 2.40. The van der Waals surface area contributed by atoms with Gasteiger partial charge in [0.15, 0.2) is 16.5 Å². The molecule has 0 radical (unpaired) electrons. The van der Waals surface area contributed by atoms with Gasteiger partial charge in [-0.3, -0.25) is 14.4 Å². The Kier molecular flexibility index (Phi) is 17.0. The van der Waals surface area contributed by atoms with Gasteiger partial charge in [-0.1, -0.05) is 67.6 Å². The summed E-state index contributed by atoms with van der Waals surface area (Å²) >= 11 is 1.22. The van der Waals surface area contributed by atoms with Gasteiger partial charge in [-0.2, -0.15) is 0 Å². The Bertz CT molecular complexity index is 1820. The maximum absolute atomic E-state index is 13.1. The van der Waals surface area contributed by atoms with Crippen LogP contribution in [0.25, 0.3) is 10.6 Å².